The summed E-state index contributed by atoms with van der Waals surface area (Å²) >= 11 is -0.346. The van der Waals surface area contributed by atoms with E-state index >= 15 is 0 Å². The molecule has 0 amide bonds. The van der Waals surface area contributed by atoms with Crippen molar-refractivity contribution < 1.29 is 15.1 Å². The van der Waals surface area contributed by atoms with Crippen molar-refractivity contribution >= 4 is 19.4 Å². The quantitative estimate of drug-likeness (QED) is 0.792. The average Bonchev–Trinajstić information content (AvgIpc) is 2.48. The fourth-order valence-electron chi connectivity index (χ4n) is 1.77. The molecule has 0 aliphatic heterocycles. The molecule has 0 aromatic heterocycles. The molecule has 0 saturated heterocycles. The summed E-state index contributed by atoms with van der Waals surface area (Å²) in [6.07, 6.45) is 0. The first kappa shape index (κ1) is 16.6. The van der Waals surface area contributed by atoms with Crippen molar-refractivity contribution in [3.8, 4) is 0 Å². The van der Waals surface area contributed by atoms with E-state index in [9.17, 15) is 0 Å². The molecule has 19 heavy (non-hydrogen) atoms. The van der Waals surface area contributed by atoms with Gasteiger partial charge in [0.15, 0.2) is 0 Å². The predicted octanol–water partition coefficient (Wildman–Crippen LogP) is 3.76. The van der Waals surface area contributed by atoms with Gasteiger partial charge in [-0.25, -0.2) is 0 Å². The average molecular weight is 384 g/mol. The number of halogens is 2. The van der Waals surface area contributed by atoms with E-state index in [1.807, 2.05) is 60.7 Å². The topological polar surface area (TPSA) is 52.0 Å². The van der Waals surface area contributed by atoms with Crippen molar-refractivity contribution in [1.82, 2.24) is 0 Å². The first-order chi connectivity index (χ1) is 9.20. The first-order valence-electron chi connectivity index (χ1n) is 5.67. The van der Waals surface area contributed by atoms with Crippen LogP contribution in [0.4, 0.5) is 0 Å². The summed E-state index contributed by atoms with van der Waals surface area (Å²) in [6.45, 7) is 0. The van der Waals surface area contributed by atoms with Gasteiger partial charge in [0.05, 0.1) is 0 Å². The Labute approximate surface area is 129 Å². The van der Waals surface area contributed by atoms with Crippen LogP contribution < -0.4 is 11.5 Å². The molecule has 0 fully saturated rings. The minimum atomic E-state index is -0.346. The van der Waals surface area contributed by atoms with Gasteiger partial charge >= 0.3 is 34.5 Å². The van der Waals surface area contributed by atoms with Gasteiger partial charge in [-0.2, -0.15) is 0 Å². The van der Waals surface area contributed by atoms with Crippen LogP contribution in [0.25, 0.3) is 0 Å². The SMILES string of the molecule is N[C@@H](c1ccccc1)[C@@H](N)c1ccccc1.[Cl][Ru][Cl]. The fraction of sp³-hybridized carbons (Fsp3) is 0.143. The van der Waals surface area contributed by atoms with Crippen LogP contribution in [0.3, 0.4) is 0 Å². The van der Waals surface area contributed by atoms with Crippen molar-refractivity contribution in [3.05, 3.63) is 71.8 Å². The van der Waals surface area contributed by atoms with Crippen LogP contribution in [0.1, 0.15) is 23.2 Å². The molecule has 2 atom stereocenters. The van der Waals surface area contributed by atoms with Gasteiger partial charge in [0.2, 0.25) is 0 Å². The van der Waals surface area contributed by atoms with E-state index in [1.165, 1.54) is 0 Å². The van der Waals surface area contributed by atoms with Gasteiger partial charge in [-0.05, 0) is 11.1 Å². The van der Waals surface area contributed by atoms with Gasteiger partial charge < -0.3 is 11.5 Å². The summed E-state index contributed by atoms with van der Waals surface area (Å²) in [6, 6.07) is 19.6. The Balaban J connectivity index is 0.000000550. The van der Waals surface area contributed by atoms with Crippen molar-refractivity contribution in [3.63, 3.8) is 0 Å². The third kappa shape index (κ3) is 5.60. The van der Waals surface area contributed by atoms with Gasteiger partial charge in [-0.15, -0.1) is 0 Å². The Morgan fingerprint density at radius 1 is 0.684 bits per heavy atom. The standard InChI is InChI=1S/C14H16N2.2ClH.Ru/c15-13(11-7-3-1-4-8-11)14(16)12-9-5-2-6-10-12;;;/h1-10,13-14H,15-16H2;2*1H;/q;;;+2/p-2/t13-,14-;;;/m0.../s1. The maximum atomic E-state index is 6.15. The van der Waals surface area contributed by atoms with Gasteiger partial charge in [0.25, 0.3) is 0 Å². The Kier molecular flexibility index (Phi) is 8.28. The molecule has 0 aliphatic rings. The second kappa shape index (κ2) is 9.46. The zero-order valence-electron chi connectivity index (χ0n) is 10.2. The molecule has 5 heteroatoms. The summed E-state index contributed by atoms with van der Waals surface area (Å²) in [7, 11) is 9.71. The maximum absolute atomic E-state index is 6.15. The van der Waals surface area contributed by atoms with Gasteiger partial charge in [0, 0.05) is 12.1 Å². The normalized spacial score (nSPS) is 13.3. The first-order valence-corrected chi connectivity index (χ1v) is 10.1. The van der Waals surface area contributed by atoms with Crippen molar-refractivity contribution in [2.45, 2.75) is 12.1 Å². The molecule has 0 saturated carbocycles. The van der Waals surface area contributed by atoms with E-state index in [2.05, 4.69) is 0 Å². The zero-order chi connectivity index (χ0) is 14.1. The van der Waals surface area contributed by atoms with E-state index in [0.717, 1.165) is 11.1 Å². The van der Waals surface area contributed by atoms with Crippen LogP contribution in [0, 0.1) is 0 Å². The summed E-state index contributed by atoms with van der Waals surface area (Å²) in [5.41, 5.74) is 14.4. The van der Waals surface area contributed by atoms with Crippen LogP contribution in [0.15, 0.2) is 60.7 Å². The van der Waals surface area contributed by atoms with Crippen LogP contribution >= 0.6 is 19.4 Å². The third-order valence-electron chi connectivity index (χ3n) is 2.76. The second-order valence-electron chi connectivity index (χ2n) is 3.92. The molecule has 2 rings (SSSR count). The van der Waals surface area contributed by atoms with E-state index in [4.69, 9.17) is 30.8 Å². The predicted molar refractivity (Wildman–Crippen MR) is 78.4 cm³/mol. The Hall–Kier alpha value is -0.437. The summed E-state index contributed by atoms with van der Waals surface area (Å²) in [4.78, 5) is 0. The molecule has 104 valence electrons. The molecule has 0 heterocycles. The van der Waals surface area contributed by atoms with Crippen LogP contribution in [0.5, 0.6) is 0 Å². The van der Waals surface area contributed by atoms with Crippen LogP contribution in [-0.4, -0.2) is 0 Å². The van der Waals surface area contributed by atoms with Gasteiger partial charge in [-0.1, -0.05) is 60.7 Å². The van der Waals surface area contributed by atoms with Crippen LogP contribution in [-0.2, 0) is 15.1 Å². The molecule has 2 aromatic rings. The Morgan fingerprint density at radius 2 is 0.947 bits per heavy atom. The van der Waals surface area contributed by atoms with E-state index in [0.29, 0.717) is 0 Å². The molecule has 0 unspecified atom stereocenters. The van der Waals surface area contributed by atoms with E-state index in [-0.39, 0.29) is 27.2 Å². The van der Waals surface area contributed by atoms with Crippen LogP contribution in [0.2, 0.25) is 0 Å². The Morgan fingerprint density at radius 3 is 1.21 bits per heavy atom. The molecule has 2 nitrogen and oxygen atoms in total. The number of hydrogen-bond acceptors (Lipinski definition) is 2. The van der Waals surface area contributed by atoms with Gasteiger partial charge in [-0.3, -0.25) is 0 Å². The number of rotatable bonds is 3. The molecular formula is C14H16Cl2N2Ru. The van der Waals surface area contributed by atoms with Gasteiger partial charge in [0.1, 0.15) is 0 Å². The zero-order valence-corrected chi connectivity index (χ0v) is 13.4. The molecule has 0 bridgehead atoms. The summed E-state index contributed by atoms with van der Waals surface area (Å²) < 4.78 is 0. The Bertz CT molecular complexity index is 410. The minimum absolute atomic E-state index is 0.163. The summed E-state index contributed by atoms with van der Waals surface area (Å²) in [5, 5.41) is 0. The van der Waals surface area contributed by atoms with E-state index in [1.54, 1.807) is 0 Å². The molecule has 0 radical (unpaired) electrons. The second-order valence-corrected chi connectivity index (χ2v) is 6.56. The van der Waals surface area contributed by atoms with E-state index < -0.39 is 0 Å². The third-order valence-corrected chi connectivity index (χ3v) is 2.76. The summed E-state index contributed by atoms with van der Waals surface area (Å²) in [5.74, 6) is 0. The molecule has 0 spiro atoms. The number of nitrogens with two attached hydrogens (primary N) is 2. The molecule has 2 aromatic carbocycles. The number of hydrogen-bond donors (Lipinski definition) is 2. The number of benzene rings is 2. The molecule has 0 aliphatic carbocycles. The molecule has 4 N–H and O–H groups in total. The van der Waals surface area contributed by atoms with Crippen molar-refractivity contribution in [2.24, 2.45) is 11.5 Å². The molecular weight excluding hydrogens is 368 g/mol. The van der Waals surface area contributed by atoms with Crippen molar-refractivity contribution in [2.75, 3.05) is 0 Å². The fourth-order valence-corrected chi connectivity index (χ4v) is 1.77. The monoisotopic (exact) mass is 384 g/mol. The van der Waals surface area contributed by atoms with Crippen molar-refractivity contribution in [1.29, 1.82) is 0 Å².